The lowest BCUT2D eigenvalue weighted by Gasteiger charge is -2.45. The van der Waals surface area contributed by atoms with E-state index < -0.39 is 5.54 Å². The van der Waals surface area contributed by atoms with Crippen LogP contribution in [0.5, 0.6) is 0 Å². The van der Waals surface area contributed by atoms with E-state index in [0.717, 1.165) is 70.3 Å². The van der Waals surface area contributed by atoms with Gasteiger partial charge >= 0.3 is 0 Å². The van der Waals surface area contributed by atoms with Crippen LogP contribution in [0.25, 0.3) is 11.1 Å². The van der Waals surface area contributed by atoms with Gasteiger partial charge in [-0.3, -0.25) is 9.59 Å². The molecule has 192 valence electrons. The number of nitrogens with zero attached hydrogens (tertiary/aromatic N) is 4. The zero-order chi connectivity index (χ0) is 24.4. The fraction of sp³-hybridized carbons (Fsp3) is 0.704. The van der Waals surface area contributed by atoms with Crippen molar-refractivity contribution in [3.63, 3.8) is 0 Å². The standard InChI is InChI=1S/C27H41N5O3/c1-27(26(34)28-21-9-6-4-3-5-7-10-21)20-31-22-11-18-35-24(22)19-23(31)25(33)32(27)13-8-12-30-16-14-29(2)15-17-30/h11,18-19,21H,3-10,12-17,20H2,1-2H3,(H,28,34)/t27-/m0/s1. The van der Waals surface area contributed by atoms with Crippen LogP contribution in [0.15, 0.2) is 22.8 Å². The highest BCUT2D eigenvalue weighted by molar-refractivity contribution is 6.02. The number of hydrogen-bond donors (Lipinski definition) is 1. The van der Waals surface area contributed by atoms with Crippen LogP contribution in [0.3, 0.4) is 0 Å². The normalized spacial score (nSPS) is 25.4. The molecule has 1 aliphatic carbocycles. The number of nitrogens with one attached hydrogen (secondary N) is 1. The molecule has 2 aromatic rings. The summed E-state index contributed by atoms with van der Waals surface area (Å²) < 4.78 is 7.58. The molecule has 0 unspecified atom stereocenters. The van der Waals surface area contributed by atoms with Gasteiger partial charge in [0.05, 0.1) is 18.3 Å². The third kappa shape index (κ3) is 5.00. The van der Waals surface area contributed by atoms with Crippen molar-refractivity contribution in [2.45, 2.75) is 76.4 Å². The summed E-state index contributed by atoms with van der Waals surface area (Å²) in [5.41, 5.74) is 1.28. The minimum Gasteiger partial charge on any atom is -0.463 e. The summed E-state index contributed by atoms with van der Waals surface area (Å²) in [6, 6.07) is 3.92. The zero-order valence-electron chi connectivity index (χ0n) is 21.4. The Bertz CT molecular complexity index is 1030. The Morgan fingerprint density at radius 2 is 1.80 bits per heavy atom. The Hall–Kier alpha value is -2.32. The number of aromatic nitrogens is 1. The Morgan fingerprint density at radius 3 is 2.54 bits per heavy atom. The number of carbonyl (C=O) groups is 2. The van der Waals surface area contributed by atoms with Crippen LogP contribution < -0.4 is 5.32 Å². The first-order chi connectivity index (χ1) is 17.0. The van der Waals surface area contributed by atoms with Crippen molar-refractivity contribution in [2.75, 3.05) is 46.3 Å². The third-order valence-corrected chi connectivity index (χ3v) is 8.43. The second kappa shape index (κ2) is 10.3. The van der Waals surface area contributed by atoms with Crippen LogP contribution >= 0.6 is 0 Å². The second-order valence-corrected chi connectivity index (χ2v) is 11.0. The summed E-state index contributed by atoms with van der Waals surface area (Å²) in [6.45, 7) is 8.20. The number of rotatable bonds is 6. The van der Waals surface area contributed by atoms with E-state index in [1.165, 1.54) is 19.3 Å². The first-order valence-electron chi connectivity index (χ1n) is 13.6. The van der Waals surface area contributed by atoms with Crippen LogP contribution in [-0.2, 0) is 11.3 Å². The maximum absolute atomic E-state index is 13.9. The van der Waals surface area contributed by atoms with E-state index in [4.69, 9.17) is 4.42 Å². The fourth-order valence-electron chi connectivity index (χ4n) is 6.09. The molecule has 2 aliphatic heterocycles. The van der Waals surface area contributed by atoms with Crippen molar-refractivity contribution in [3.8, 4) is 0 Å². The molecule has 0 bridgehead atoms. The Morgan fingerprint density at radius 1 is 1.09 bits per heavy atom. The van der Waals surface area contributed by atoms with Gasteiger partial charge in [0.15, 0.2) is 5.58 Å². The number of amides is 2. The number of fused-ring (bicyclic) bond motifs is 3. The van der Waals surface area contributed by atoms with Crippen molar-refractivity contribution in [1.82, 2.24) is 24.6 Å². The summed E-state index contributed by atoms with van der Waals surface area (Å²) in [6.07, 6.45) is 10.7. The smallest absolute Gasteiger partial charge is 0.271 e. The molecular weight excluding hydrogens is 442 g/mol. The van der Waals surface area contributed by atoms with Gasteiger partial charge in [0.25, 0.3) is 5.91 Å². The molecule has 8 nitrogen and oxygen atoms in total. The number of likely N-dealkylation sites (N-methyl/N-ethyl adjacent to an activating group) is 1. The highest BCUT2D eigenvalue weighted by Crippen LogP contribution is 2.33. The second-order valence-electron chi connectivity index (χ2n) is 11.0. The van der Waals surface area contributed by atoms with Crippen LogP contribution in [0.4, 0.5) is 0 Å². The van der Waals surface area contributed by atoms with E-state index in [1.807, 2.05) is 28.5 Å². The van der Waals surface area contributed by atoms with E-state index in [-0.39, 0.29) is 17.9 Å². The Balaban J connectivity index is 1.35. The van der Waals surface area contributed by atoms with Gasteiger partial charge in [-0.15, -0.1) is 0 Å². The van der Waals surface area contributed by atoms with Crippen LogP contribution in [0.2, 0.25) is 0 Å². The molecule has 5 rings (SSSR count). The largest absolute Gasteiger partial charge is 0.463 e. The topological polar surface area (TPSA) is 74.0 Å². The zero-order valence-corrected chi connectivity index (χ0v) is 21.4. The van der Waals surface area contributed by atoms with Gasteiger partial charge in [-0.25, -0.2) is 0 Å². The molecule has 1 N–H and O–H groups in total. The van der Waals surface area contributed by atoms with Gasteiger partial charge < -0.3 is 29.0 Å². The van der Waals surface area contributed by atoms with Crippen LogP contribution in [0, 0.1) is 0 Å². The first kappa shape index (κ1) is 24.4. The van der Waals surface area contributed by atoms with Gasteiger partial charge in [-0.1, -0.05) is 32.1 Å². The summed E-state index contributed by atoms with van der Waals surface area (Å²) in [5.74, 6) is -0.0941. The van der Waals surface area contributed by atoms with Gasteiger partial charge in [0, 0.05) is 50.9 Å². The monoisotopic (exact) mass is 483 g/mol. The summed E-state index contributed by atoms with van der Waals surface area (Å²) >= 11 is 0. The highest BCUT2D eigenvalue weighted by Gasteiger charge is 2.48. The van der Waals surface area contributed by atoms with Crippen molar-refractivity contribution in [2.24, 2.45) is 0 Å². The maximum atomic E-state index is 13.9. The number of carbonyl (C=O) groups excluding carboxylic acids is 2. The van der Waals surface area contributed by atoms with Gasteiger partial charge in [-0.05, 0) is 39.8 Å². The molecule has 1 saturated carbocycles. The minimum absolute atomic E-state index is 0.0213. The minimum atomic E-state index is -0.933. The molecule has 2 amide bonds. The molecular formula is C27H41N5O3. The molecule has 0 radical (unpaired) electrons. The fourth-order valence-corrected chi connectivity index (χ4v) is 6.09. The van der Waals surface area contributed by atoms with Crippen molar-refractivity contribution < 1.29 is 14.0 Å². The average molecular weight is 484 g/mol. The molecule has 2 aromatic heterocycles. The predicted octanol–water partition coefficient (Wildman–Crippen LogP) is 3.32. The van der Waals surface area contributed by atoms with Gasteiger partial charge in [-0.2, -0.15) is 0 Å². The van der Waals surface area contributed by atoms with E-state index >= 15 is 0 Å². The molecule has 1 atom stereocenters. The highest BCUT2D eigenvalue weighted by atomic mass is 16.3. The predicted molar refractivity (Wildman–Crippen MR) is 136 cm³/mol. The number of furan rings is 1. The van der Waals surface area contributed by atoms with Crippen LogP contribution in [-0.4, -0.2) is 89.0 Å². The molecule has 2 fully saturated rings. The van der Waals surface area contributed by atoms with Crippen LogP contribution in [0.1, 0.15) is 68.8 Å². The van der Waals surface area contributed by atoms with Crippen molar-refractivity contribution >= 4 is 22.9 Å². The van der Waals surface area contributed by atoms with E-state index in [0.29, 0.717) is 24.4 Å². The molecule has 3 aliphatic rings. The Kier molecular flexibility index (Phi) is 7.21. The lowest BCUT2D eigenvalue weighted by atomic mass is 9.92. The van der Waals surface area contributed by atoms with E-state index in [2.05, 4.69) is 22.2 Å². The molecule has 1 saturated heterocycles. The maximum Gasteiger partial charge on any atom is 0.271 e. The van der Waals surface area contributed by atoms with Crippen molar-refractivity contribution in [3.05, 3.63) is 24.1 Å². The summed E-state index contributed by atoms with van der Waals surface area (Å²) in [7, 11) is 2.16. The third-order valence-electron chi connectivity index (χ3n) is 8.43. The molecule has 35 heavy (non-hydrogen) atoms. The average Bonchev–Trinajstić information content (AvgIpc) is 3.41. The Labute approximate surface area is 208 Å². The van der Waals surface area contributed by atoms with Gasteiger partial charge in [0.2, 0.25) is 5.91 Å². The molecule has 0 spiro atoms. The van der Waals surface area contributed by atoms with Crippen molar-refractivity contribution in [1.29, 1.82) is 0 Å². The SMILES string of the molecule is CN1CCN(CCCN2C(=O)c3cc4occc4n3C[C@@]2(C)C(=O)NC2CCCCCCC2)CC1. The number of piperazine rings is 1. The number of hydrogen-bond acceptors (Lipinski definition) is 5. The molecule has 8 heteroatoms. The summed E-state index contributed by atoms with van der Waals surface area (Å²) in [5, 5.41) is 3.37. The summed E-state index contributed by atoms with van der Waals surface area (Å²) in [4.78, 5) is 34.3. The quantitative estimate of drug-likeness (QED) is 0.682. The molecule has 0 aromatic carbocycles. The lowest BCUT2D eigenvalue weighted by Crippen LogP contribution is -2.65. The van der Waals surface area contributed by atoms with E-state index in [1.54, 1.807) is 6.26 Å². The first-order valence-corrected chi connectivity index (χ1v) is 13.6. The van der Waals surface area contributed by atoms with Gasteiger partial charge in [0.1, 0.15) is 11.2 Å². The molecule has 4 heterocycles. The lowest BCUT2D eigenvalue weighted by molar-refractivity contribution is -0.133. The van der Waals surface area contributed by atoms with E-state index in [9.17, 15) is 9.59 Å².